The number of benzene rings is 1. The lowest BCUT2D eigenvalue weighted by Crippen LogP contribution is -2.52. The number of anilines is 1. The molecule has 1 aromatic heterocycles. The number of aromatic nitrogens is 1. The predicted octanol–water partition coefficient (Wildman–Crippen LogP) is 2.81. The van der Waals surface area contributed by atoms with E-state index in [0.717, 1.165) is 17.8 Å². The molecule has 7 nitrogen and oxygen atoms in total. The first-order valence-electron chi connectivity index (χ1n) is 9.95. The van der Waals surface area contributed by atoms with Gasteiger partial charge in [0.2, 0.25) is 5.91 Å². The van der Waals surface area contributed by atoms with E-state index in [1.54, 1.807) is 6.92 Å². The van der Waals surface area contributed by atoms with Crippen LogP contribution in [0.25, 0.3) is 0 Å². The second-order valence-corrected chi connectivity index (χ2v) is 7.09. The van der Waals surface area contributed by atoms with Gasteiger partial charge in [-0.3, -0.25) is 15.0 Å². The lowest BCUT2D eigenvalue weighted by Gasteiger charge is -2.39. The van der Waals surface area contributed by atoms with Crippen molar-refractivity contribution >= 4 is 17.8 Å². The van der Waals surface area contributed by atoms with Gasteiger partial charge in [-0.1, -0.05) is 30.3 Å². The fourth-order valence-corrected chi connectivity index (χ4v) is 3.50. The zero-order chi connectivity index (χ0) is 22.4. The Balaban J connectivity index is 1.70. The molecule has 0 spiro atoms. The van der Waals surface area contributed by atoms with Gasteiger partial charge in [0.1, 0.15) is 11.9 Å². The van der Waals surface area contributed by atoms with Crippen molar-refractivity contribution < 1.29 is 22.8 Å². The van der Waals surface area contributed by atoms with Crippen LogP contribution in [0.4, 0.5) is 23.8 Å². The van der Waals surface area contributed by atoms with Crippen LogP contribution in [-0.2, 0) is 11.0 Å². The molecule has 1 fully saturated rings. The van der Waals surface area contributed by atoms with E-state index < -0.39 is 29.7 Å². The normalized spacial score (nSPS) is 15.9. The monoisotopic (exact) mass is 435 g/mol. The molecule has 31 heavy (non-hydrogen) atoms. The number of rotatable bonds is 5. The molecule has 0 saturated carbocycles. The molecule has 2 aromatic rings. The van der Waals surface area contributed by atoms with E-state index >= 15 is 0 Å². The van der Waals surface area contributed by atoms with Crippen LogP contribution in [0.1, 0.15) is 24.1 Å². The first-order chi connectivity index (χ1) is 14.8. The van der Waals surface area contributed by atoms with Gasteiger partial charge in [-0.15, -0.1) is 0 Å². The van der Waals surface area contributed by atoms with E-state index in [1.807, 2.05) is 40.1 Å². The maximum absolute atomic E-state index is 12.9. The van der Waals surface area contributed by atoms with Crippen LogP contribution in [-0.4, -0.2) is 54.5 Å². The number of alkyl halides is 3. The number of halogens is 3. The first kappa shape index (κ1) is 22.5. The Hall–Kier alpha value is -3.14. The number of imide groups is 1. The Morgan fingerprint density at radius 3 is 2.29 bits per heavy atom. The summed E-state index contributed by atoms with van der Waals surface area (Å²) in [5, 5.41) is 4.92. The lowest BCUT2D eigenvalue weighted by atomic mass is 10.0. The summed E-state index contributed by atoms with van der Waals surface area (Å²) >= 11 is 0. The van der Waals surface area contributed by atoms with Crippen molar-refractivity contribution in [1.29, 1.82) is 0 Å². The van der Waals surface area contributed by atoms with Gasteiger partial charge in [0, 0.05) is 38.9 Å². The number of carbonyl (C=O) groups excluding carboxylic acids is 2. The van der Waals surface area contributed by atoms with Crippen LogP contribution in [0, 0.1) is 0 Å². The number of piperazine rings is 1. The van der Waals surface area contributed by atoms with Gasteiger partial charge in [-0.25, -0.2) is 9.78 Å². The van der Waals surface area contributed by atoms with E-state index in [0.29, 0.717) is 38.5 Å². The zero-order valence-corrected chi connectivity index (χ0v) is 17.0. The number of hydrogen-bond acceptors (Lipinski definition) is 5. The van der Waals surface area contributed by atoms with Crippen LogP contribution in [0.2, 0.25) is 0 Å². The summed E-state index contributed by atoms with van der Waals surface area (Å²) in [5.74, 6) is 0.0222. The van der Waals surface area contributed by atoms with Gasteiger partial charge >= 0.3 is 12.2 Å². The smallest absolute Gasteiger partial charge is 0.354 e. The molecule has 0 bridgehead atoms. The molecular weight excluding hydrogens is 411 g/mol. The maximum Gasteiger partial charge on any atom is 0.417 e. The highest BCUT2D eigenvalue weighted by atomic mass is 19.4. The molecule has 1 aliphatic rings. The summed E-state index contributed by atoms with van der Waals surface area (Å²) in [5.41, 5.74) is -0.0357. The molecule has 1 aromatic carbocycles. The minimum Gasteiger partial charge on any atom is -0.354 e. The molecule has 1 aliphatic heterocycles. The van der Waals surface area contributed by atoms with Crippen molar-refractivity contribution in [3.8, 4) is 0 Å². The van der Waals surface area contributed by atoms with Crippen LogP contribution in [0.15, 0.2) is 48.7 Å². The fraction of sp³-hybridized carbons (Fsp3) is 0.381. The molecule has 3 rings (SSSR count). The number of nitrogens with one attached hydrogen (secondary N) is 2. The van der Waals surface area contributed by atoms with E-state index in [4.69, 9.17) is 0 Å². The third kappa shape index (κ3) is 5.72. The fourth-order valence-electron chi connectivity index (χ4n) is 3.50. The van der Waals surface area contributed by atoms with Gasteiger partial charge < -0.3 is 10.2 Å². The molecule has 1 unspecified atom stereocenters. The van der Waals surface area contributed by atoms with Gasteiger partial charge in [-0.2, -0.15) is 13.2 Å². The highest BCUT2D eigenvalue weighted by Gasteiger charge is 2.33. The van der Waals surface area contributed by atoms with E-state index in [1.165, 1.54) is 6.07 Å². The molecule has 2 heterocycles. The van der Waals surface area contributed by atoms with Gasteiger partial charge in [0.15, 0.2) is 0 Å². The highest BCUT2D eigenvalue weighted by Crippen LogP contribution is 2.30. The summed E-state index contributed by atoms with van der Waals surface area (Å²) in [6.45, 7) is 4.07. The first-order valence-corrected chi connectivity index (χ1v) is 9.95. The van der Waals surface area contributed by atoms with Crippen LogP contribution < -0.4 is 15.5 Å². The Kier molecular flexibility index (Phi) is 7.11. The predicted molar refractivity (Wildman–Crippen MR) is 109 cm³/mol. The summed E-state index contributed by atoms with van der Waals surface area (Å²) < 4.78 is 38.3. The van der Waals surface area contributed by atoms with Crippen LogP contribution >= 0.6 is 0 Å². The summed E-state index contributed by atoms with van der Waals surface area (Å²) in [7, 11) is 0. The van der Waals surface area contributed by atoms with Crippen LogP contribution in [0.3, 0.4) is 0 Å². The van der Waals surface area contributed by atoms with Gasteiger partial charge in [0.05, 0.1) is 5.56 Å². The molecule has 10 heteroatoms. The molecular formula is C21H24F3N5O2. The van der Waals surface area contributed by atoms with Crippen LogP contribution in [0.5, 0.6) is 0 Å². The summed E-state index contributed by atoms with van der Waals surface area (Å²) in [6.07, 6.45) is -3.60. The van der Waals surface area contributed by atoms with Crippen molar-refractivity contribution in [1.82, 2.24) is 20.5 Å². The Bertz CT molecular complexity index is 882. The zero-order valence-electron chi connectivity index (χ0n) is 17.0. The standard InChI is InChI=1S/C21H24F3N5O2/c1-2-25-20(31)27-19(30)18(15-6-4-3-5-7-15)29-12-10-28(11-13-29)17-9-8-16(14-26-17)21(22,23)24/h3-9,14,18H,2,10-13H2,1H3,(H2,25,27,30,31). The molecule has 1 saturated heterocycles. The average Bonchev–Trinajstić information content (AvgIpc) is 2.75. The Morgan fingerprint density at radius 2 is 1.74 bits per heavy atom. The maximum atomic E-state index is 12.9. The van der Waals surface area contributed by atoms with E-state index in [9.17, 15) is 22.8 Å². The third-order valence-corrected chi connectivity index (χ3v) is 5.02. The molecule has 166 valence electrons. The number of nitrogens with zero attached hydrogens (tertiary/aromatic N) is 3. The number of urea groups is 1. The van der Waals surface area contributed by atoms with Crippen molar-refractivity contribution in [2.45, 2.75) is 19.1 Å². The minimum atomic E-state index is -4.43. The second-order valence-electron chi connectivity index (χ2n) is 7.09. The number of hydrogen-bond donors (Lipinski definition) is 2. The Labute approximate surface area is 178 Å². The largest absolute Gasteiger partial charge is 0.417 e. The number of amides is 3. The van der Waals surface area contributed by atoms with Gasteiger partial charge in [0.25, 0.3) is 0 Å². The third-order valence-electron chi connectivity index (χ3n) is 5.02. The summed E-state index contributed by atoms with van der Waals surface area (Å²) in [6, 6.07) is 10.3. The Morgan fingerprint density at radius 1 is 1.06 bits per heavy atom. The quantitative estimate of drug-likeness (QED) is 0.755. The van der Waals surface area contributed by atoms with Crippen molar-refractivity contribution in [3.63, 3.8) is 0 Å². The van der Waals surface area contributed by atoms with E-state index in [-0.39, 0.29) is 0 Å². The topological polar surface area (TPSA) is 77.6 Å². The molecule has 2 N–H and O–H groups in total. The van der Waals surface area contributed by atoms with E-state index in [2.05, 4.69) is 15.6 Å². The number of pyridine rings is 1. The average molecular weight is 435 g/mol. The molecule has 1 atom stereocenters. The lowest BCUT2D eigenvalue weighted by molar-refractivity contribution is -0.137. The number of carbonyl (C=O) groups is 2. The molecule has 0 radical (unpaired) electrons. The van der Waals surface area contributed by atoms with Gasteiger partial charge in [-0.05, 0) is 24.6 Å². The van der Waals surface area contributed by atoms with Crippen molar-refractivity contribution in [2.24, 2.45) is 0 Å². The van der Waals surface area contributed by atoms with Crippen molar-refractivity contribution in [3.05, 3.63) is 59.8 Å². The molecule has 3 amide bonds. The summed E-state index contributed by atoms with van der Waals surface area (Å²) in [4.78, 5) is 32.5. The SMILES string of the molecule is CCNC(=O)NC(=O)C(c1ccccc1)N1CCN(c2ccc(C(F)(F)F)cn2)CC1. The molecule has 0 aliphatic carbocycles. The second kappa shape index (κ2) is 9.78. The van der Waals surface area contributed by atoms with Crippen molar-refractivity contribution in [2.75, 3.05) is 37.6 Å². The minimum absolute atomic E-state index is 0.397. The highest BCUT2D eigenvalue weighted by molar-refractivity contribution is 5.97.